The summed E-state index contributed by atoms with van der Waals surface area (Å²) < 4.78 is 34.1. The molecule has 0 radical (unpaired) electrons. The van der Waals surface area contributed by atoms with E-state index in [1.165, 1.54) is 7.11 Å². The molecule has 0 atom stereocenters. The maximum Gasteiger partial charge on any atom is 0.339 e. The second-order valence-corrected chi connectivity index (χ2v) is 6.45. The van der Waals surface area contributed by atoms with Crippen LogP contribution in [0.3, 0.4) is 0 Å². The Balaban J connectivity index is 2.40. The number of halogens is 1. The van der Waals surface area contributed by atoms with Gasteiger partial charge in [0.15, 0.2) is 5.75 Å². The number of hydrogen-bond donors (Lipinski definition) is 0. The van der Waals surface area contributed by atoms with Crippen molar-refractivity contribution in [1.82, 2.24) is 0 Å². The highest BCUT2D eigenvalue weighted by Crippen LogP contribution is 2.32. The predicted molar refractivity (Wildman–Crippen MR) is 85.6 cm³/mol. The third-order valence-electron chi connectivity index (χ3n) is 2.96. The van der Waals surface area contributed by atoms with Crippen LogP contribution in [0.4, 0.5) is 11.4 Å². The highest BCUT2D eigenvalue weighted by atomic mass is 35.5. The minimum Gasteiger partial charge on any atom is -0.490 e. The lowest BCUT2D eigenvalue weighted by atomic mass is 10.3. The Bertz CT molecular complexity index is 960. The average Bonchev–Trinajstić information content (AvgIpc) is 2.53. The summed E-state index contributed by atoms with van der Waals surface area (Å²) in [6.07, 6.45) is 0. The van der Waals surface area contributed by atoms with E-state index in [0.717, 1.165) is 36.4 Å². The van der Waals surface area contributed by atoms with Gasteiger partial charge in [-0.2, -0.15) is 8.42 Å². The van der Waals surface area contributed by atoms with Crippen LogP contribution in [-0.2, 0) is 10.1 Å². The third-order valence-corrected chi connectivity index (χ3v) is 4.50. The van der Waals surface area contributed by atoms with Crippen molar-refractivity contribution >= 4 is 33.1 Å². The van der Waals surface area contributed by atoms with Crippen LogP contribution in [0.2, 0.25) is 5.02 Å². The van der Waals surface area contributed by atoms with E-state index in [9.17, 15) is 28.6 Å². The molecule has 0 heterocycles. The van der Waals surface area contributed by atoms with E-state index in [2.05, 4.69) is 0 Å². The molecule has 25 heavy (non-hydrogen) atoms. The van der Waals surface area contributed by atoms with Crippen molar-refractivity contribution in [2.24, 2.45) is 0 Å². The normalized spacial score (nSPS) is 11.0. The van der Waals surface area contributed by atoms with E-state index in [-0.39, 0.29) is 16.5 Å². The molecule has 0 spiro atoms. The Morgan fingerprint density at radius 2 is 1.64 bits per heavy atom. The number of nitro groups is 2. The van der Waals surface area contributed by atoms with Crippen molar-refractivity contribution in [2.45, 2.75) is 4.90 Å². The quantitative estimate of drug-likeness (QED) is 0.418. The van der Waals surface area contributed by atoms with Crippen molar-refractivity contribution in [1.29, 1.82) is 0 Å². The minimum atomic E-state index is -4.43. The molecule has 0 fully saturated rings. The lowest BCUT2D eigenvalue weighted by Gasteiger charge is -2.08. The number of rotatable bonds is 6. The number of methoxy groups -OCH3 is 1. The van der Waals surface area contributed by atoms with E-state index >= 15 is 0 Å². The fourth-order valence-corrected chi connectivity index (χ4v) is 3.01. The summed E-state index contributed by atoms with van der Waals surface area (Å²) in [6, 6.07) is 5.92. The lowest BCUT2D eigenvalue weighted by molar-refractivity contribution is -0.386. The first-order valence-electron chi connectivity index (χ1n) is 6.36. The summed E-state index contributed by atoms with van der Waals surface area (Å²) in [7, 11) is -3.23. The molecule has 0 aliphatic rings. The molecule has 12 heteroatoms. The van der Waals surface area contributed by atoms with Gasteiger partial charge in [0, 0.05) is 18.2 Å². The molecule has 0 aliphatic heterocycles. The van der Waals surface area contributed by atoms with Crippen LogP contribution in [0.25, 0.3) is 0 Å². The molecule has 0 aromatic heterocycles. The Labute approximate surface area is 146 Å². The lowest BCUT2D eigenvalue weighted by Crippen LogP contribution is -2.10. The Morgan fingerprint density at radius 3 is 2.16 bits per heavy atom. The third kappa shape index (κ3) is 3.95. The fourth-order valence-electron chi connectivity index (χ4n) is 1.83. The standard InChI is InChI=1S/C13H9ClN2O8S/c1-23-13-5-3-9(7-12(13)16(19)20)25(21,22)24-8-2-4-11(15(17)18)10(14)6-8/h2-7H,1H3. The second kappa shape index (κ2) is 6.91. The van der Waals surface area contributed by atoms with E-state index in [1.807, 2.05) is 0 Å². The summed E-state index contributed by atoms with van der Waals surface area (Å²) in [4.78, 5) is 19.6. The number of nitrogens with zero attached hydrogens (tertiary/aromatic N) is 2. The molecule has 132 valence electrons. The molecule has 0 unspecified atom stereocenters. The number of benzene rings is 2. The van der Waals surface area contributed by atoms with E-state index in [1.54, 1.807) is 0 Å². The van der Waals surface area contributed by atoms with Crippen LogP contribution in [0.5, 0.6) is 11.5 Å². The van der Waals surface area contributed by atoms with Crippen molar-refractivity contribution in [3.05, 3.63) is 61.6 Å². The molecule has 2 rings (SSSR count). The van der Waals surface area contributed by atoms with E-state index in [4.69, 9.17) is 20.5 Å². The fraction of sp³-hybridized carbons (Fsp3) is 0.0769. The molecule has 2 aromatic carbocycles. The minimum absolute atomic E-state index is 0.123. The zero-order valence-electron chi connectivity index (χ0n) is 12.4. The summed E-state index contributed by atoms with van der Waals surface area (Å²) in [5.41, 5.74) is -0.986. The first-order chi connectivity index (χ1) is 11.7. The average molecular weight is 389 g/mol. The Hall–Kier alpha value is -2.92. The molecule has 0 bridgehead atoms. The maximum absolute atomic E-state index is 12.2. The van der Waals surface area contributed by atoms with Gasteiger partial charge < -0.3 is 8.92 Å². The van der Waals surface area contributed by atoms with Crippen molar-refractivity contribution in [3.8, 4) is 11.5 Å². The molecule has 0 N–H and O–H groups in total. The van der Waals surface area contributed by atoms with Crippen LogP contribution in [0.15, 0.2) is 41.3 Å². The van der Waals surface area contributed by atoms with Gasteiger partial charge in [-0.1, -0.05) is 11.6 Å². The molecule has 0 aliphatic carbocycles. The first-order valence-corrected chi connectivity index (χ1v) is 8.15. The smallest absolute Gasteiger partial charge is 0.339 e. The predicted octanol–water partition coefficient (Wildman–Crippen LogP) is 2.93. The van der Waals surface area contributed by atoms with Crippen LogP contribution in [0.1, 0.15) is 0 Å². The molecular weight excluding hydrogens is 380 g/mol. The second-order valence-electron chi connectivity index (χ2n) is 4.50. The monoisotopic (exact) mass is 388 g/mol. The molecule has 2 aromatic rings. The highest BCUT2D eigenvalue weighted by Gasteiger charge is 2.24. The van der Waals surface area contributed by atoms with Crippen molar-refractivity contribution in [3.63, 3.8) is 0 Å². The van der Waals surface area contributed by atoms with Gasteiger partial charge in [-0.3, -0.25) is 20.2 Å². The number of hydrogen-bond acceptors (Lipinski definition) is 8. The van der Waals surface area contributed by atoms with Crippen LogP contribution < -0.4 is 8.92 Å². The molecule has 10 nitrogen and oxygen atoms in total. The molecule has 0 saturated heterocycles. The largest absolute Gasteiger partial charge is 0.490 e. The number of nitro benzene ring substituents is 2. The molecule has 0 saturated carbocycles. The topological polar surface area (TPSA) is 139 Å². The Kier molecular flexibility index (Phi) is 5.09. The van der Waals surface area contributed by atoms with Gasteiger partial charge in [0.2, 0.25) is 0 Å². The van der Waals surface area contributed by atoms with Gasteiger partial charge in [-0.25, -0.2) is 0 Å². The maximum atomic E-state index is 12.2. The zero-order valence-corrected chi connectivity index (χ0v) is 14.0. The Morgan fingerprint density at radius 1 is 1.00 bits per heavy atom. The van der Waals surface area contributed by atoms with Gasteiger partial charge in [0.1, 0.15) is 15.7 Å². The van der Waals surface area contributed by atoms with Crippen LogP contribution in [0, 0.1) is 20.2 Å². The van der Waals surface area contributed by atoms with Gasteiger partial charge in [-0.15, -0.1) is 0 Å². The van der Waals surface area contributed by atoms with Gasteiger partial charge >= 0.3 is 15.8 Å². The van der Waals surface area contributed by atoms with Crippen LogP contribution >= 0.6 is 11.6 Å². The summed E-state index contributed by atoms with van der Waals surface area (Å²) in [5, 5.41) is 21.3. The molecular formula is C13H9ClN2O8S. The van der Waals surface area contributed by atoms with E-state index in [0.29, 0.717) is 0 Å². The zero-order chi connectivity index (χ0) is 18.8. The van der Waals surface area contributed by atoms with Gasteiger partial charge in [0.05, 0.1) is 17.0 Å². The summed E-state index contributed by atoms with van der Waals surface area (Å²) in [6.45, 7) is 0. The van der Waals surface area contributed by atoms with Gasteiger partial charge in [-0.05, 0) is 18.2 Å². The SMILES string of the molecule is COc1ccc(S(=O)(=O)Oc2ccc([N+](=O)[O-])c(Cl)c2)cc1[N+](=O)[O-]. The summed E-state index contributed by atoms with van der Waals surface area (Å²) in [5.74, 6) is -0.406. The first kappa shape index (κ1) is 18.4. The molecule has 0 amide bonds. The van der Waals surface area contributed by atoms with Crippen molar-refractivity contribution in [2.75, 3.05) is 7.11 Å². The summed E-state index contributed by atoms with van der Waals surface area (Å²) >= 11 is 5.68. The number of ether oxygens (including phenoxy) is 1. The van der Waals surface area contributed by atoms with Crippen molar-refractivity contribution < 1.29 is 27.2 Å². The van der Waals surface area contributed by atoms with Gasteiger partial charge in [0.25, 0.3) is 5.69 Å². The highest BCUT2D eigenvalue weighted by molar-refractivity contribution is 7.87. The van der Waals surface area contributed by atoms with E-state index < -0.39 is 36.2 Å². The van der Waals surface area contributed by atoms with Crippen LogP contribution in [-0.4, -0.2) is 25.4 Å².